The average Bonchev–Trinajstić information content (AvgIpc) is 3.16. The quantitative estimate of drug-likeness (QED) is 0.214. The minimum atomic E-state index is -1.62. The van der Waals surface area contributed by atoms with E-state index >= 15 is 0 Å². The van der Waals surface area contributed by atoms with Gasteiger partial charge in [0.2, 0.25) is 5.91 Å². The molecule has 2 atom stereocenters. The summed E-state index contributed by atoms with van der Waals surface area (Å²) in [4.78, 5) is 58.6. The Morgan fingerprint density at radius 2 is 1.64 bits per heavy atom. The average molecular weight is 527 g/mol. The Labute approximate surface area is 224 Å². The van der Waals surface area contributed by atoms with Crippen LogP contribution < -0.4 is 10.4 Å². The summed E-state index contributed by atoms with van der Waals surface area (Å²) in [7, 11) is 6.50. The molecule has 9 nitrogen and oxygen atoms in total. The van der Waals surface area contributed by atoms with Crippen LogP contribution >= 0.6 is 0 Å². The summed E-state index contributed by atoms with van der Waals surface area (Å²) >= 11 is 0. The van der Waals surface area contributed by atoms with Gasteiger partial charge >= 0.3 is 5.97 Å². The predicted octanol–water partition coefficient (Wildman–Crippen LogP) is 1.46. The largest absolute Gasteiger partial charge is 0.465 e. The summed E-state index contributed by atoms with van der Waals surface area (Å²) < 4.78 is 18.4. The maximum absolute atomic E-state index is 13.6. The second-order valence-corrected chi connectivity index (χ2v) is 9.21. The zero-order chi connectivity index (χ0) is 27.8. The first-order valence-corrected chi connectivity index (χ1v) is 12.4. The van der Waals surface area contributed by atoms with E-state index < -0.39 is 41.5 Å². The van der Waals surface area contributed by atoms with Crippen molar-refractivity contribution in [3.8, 4) is 0 Å². The lowest BCUT2D eigenvalue weighted by Gasteiger charge is -2.37. The fourth-order valence-electron chi connectivity index (χ4n) is 4.93. The second kappa shape index (κ2) is 10.4. The molecule has 2 unspecified atom stereocenters. The molecule has 3 aromatic rings. The Morgan fingerprint density at radius 1 is 1.03 bits per heavy atom. The number of aromatic nitrogens is 1. The maximum atomic E-state index is 13.6. The topological polar surface area (TPSA) is 117 Å². The fourth-order valence-corrected chi connectivity index (χ4v) is 4.93. The number of aliphatic hydroxyl groups is 1. The van der Waals surface area contributed by atoms with Crippen LogP contribution in [0.25, 0.3) is 0 Å². The summed E-state index contributed by atoms with van der Waals surface area (Å²) in [6, 6.07) is 12.2. The van der Waals surface area contributed by atoms with Gasteiger partial charge in [-0.2, -0.15) is 0 Å². The first-order chi connectivity index (χ1) is 18.7. The molecule has 39 heavy (non-hydrogen) atoms. The molecule has 5 rings (SSSR count). The Bertz CT molecular complexity index is 1460. The zero-order valence-electron chi connectivity index (χ0n) is 21.0. The zero-order valence-corrected chi connectivity index (χ0v) is 21.0. The Kier molecular flexibility index (Phi) is 7.01. The van der Waals surface area contributed by atoms with Crippen molar-refractivity contribution in [1.82, 2.24) is 9.88 Å². The molecule has 2 radical (unpaired) electrons. The van der Waals surface area contributed by atoms with Gasteiger partial charge in [0.05, 0.1) is 29.1 Å². The molecule has 3 heterocycles. The van der Waals surface area contributed by atoms with Gasteiger partial charge in [0.25, 0.3) is 11.8 Å². The molecule has 0 fully saturated rings. The summed E-state index contributed by atoms with van der Waals surface area (Å²) in [6.45, 7) is 1.17. The molecule has 2 aliphatic rings. The van der Waals surface area contributed by atoms with Crippen molar-refractivity contribution in [2.45, 2.75) is 19.4 Å². The normalized spacial score (nSPS) is 18.3. The number of pyridine rings is 1. The SMILES string of the molecule is [B]c1c(Cc2ccc(F)cc2)cnc2c1N(CCN1C(=O)c3ccccc3C1=O)C(=O)C(C(=O)OCC)C2O. The van der Waals surface area contributed by atoms with Crippen LogP contribution in [0.3, 0.4) is 0 Å². The smallest absolute Gasteiger partial charge is 0.321 e. The van der Waals surface area contributed by atoms with E-state index in [1.165, 1.54) is 23.2 Å². The van der Waals surface area contributed by atoms with E-state index in [1.807, 2.05) is 0 Å². The molecular weight excluding hydrogens is 504 g/mol. The highest BCUT2D eigenvalue weighted by Crippen LogP contribution is 2.37. The van der Waals surface area contributed by atoms with Crippen LogP contribution in [0.5, 0.6) is 0 Å². The van der Waals surface area contributed by atoms with Crippen LogP contribution in [0.4, 0.5) is 10.1 Å². The molecule has 0 bridgehead atoms. The van der Waals surface area contributed by atoms with E-state index in [0.29, 0.717) is 5.56 Å². The minimum absolute atomic E-state index is 0.00429. The van der Waals surface area contributed by atoms with Crippen molar-refractivity contribution >= 4 is 42.7 Å². The number of hydrogen-bond donors (Lipinski definition) is 1. The van der Waals surface area contributed by atoms with Crippen LogP contribution in [0, 0.1) is 11.7 Å². The highest BCUT2D eigenvalue weighted by atomic mass is 19.1. The predicted molar refractivity (Wildman–Crippen MR) is 138 cm³/mol. The number of carbonyl (C=O) groups excluding carboxylic acids is 4. The summed E-state index contributed by atoms with van der Waals surface area (Å²) in [5.41, 5.74) is 1.96. The van der Waals surface area contributed by atoms with E-state index in [2.05, 4.69) is 4.98 Å². The molecule has 2 aliphatic heterocycles. The number of carbonyl (C=O) groups is 4. The van der Waals surface area contributed by atoms with Gasteiger partial charge in [-0.3, -0.25) is 29.1 Å². The van der Waals surface area contributed by atoms with Crippen LogP contribution in [-0.4, -0.2) is 66.2 Å². The highest BCUT2D eigenvalue weighted by molar-refractivity contribution is 6.38. The lowest BCUT2D eigenvalue weighted by Crippen LogP contribution is -2.52. The van der Waals surface area contributed by atoms with E-state index in [0.717, 1.165) is 10.5 Å². The number of aliphatic hydroxyl groups excluding tert-OH is 1. The molecular formula is C28H23BFN3O6. The van der Waals surface area contributed by atoms with E-state index in [9.17, 15) is 28.7 Å². The molecule has 0 spiro atoms. The first kappa shape index (κ1) is 26.2. The number of hydrogen-bond acceptors (Lipinski definition) is 7. The molecule has 0 saturated carbocycles. The fraction of sp³-hybridized carbons (Fsp3) is 0.250. The van der Waals surface area contributed by atoms with Crippen molar-refractivity contribution < 1.29 is 33.4 Å². The standard InChI is InChI=1S/C28H23BFN3O6/c1-2-39-28(38)20-24(34)22-23(21(29)16(14-31-22)13-15-7-9-17(30)10-8-15)32(27(20)37)11-12-33-25(35)18-5-3-4-6-19(18)26(33)36/h3-10,14,20,24,34H,2,11-13H2,1H3. The van der Waals surface area contributed by atoms with Gasteiger partial charge < -0.3 is 14.7 Å². The van der Waals surface area contributed by atoms with Crippen molar-refractivity contribution in [1.29, 1.82) is 0 Å². The third kappa shape index (κ3) is 4.59. The molecule has 3 amide bonds. The molecule has 11 heteroatoms. The summed E-state index contributed by atoms with van der Waals surface area (Å²) in [6.07, 6.45) is 0.0648. The van der Waals surface area contributed by atoms with Crippen molar-refractivity contribution in [3.05, 3.63) is 88.5 Å². The van der Waals surface area contributed by atoms with Crippen molar-refractivity contribution in [2.24, 2.45) is 5.92 Å². The van der Waals surface area contributed by atoms with Gasteiger partial charge in [-0.05, 0) is 48.7 Å². The third-order valence-corrected chi connectivity index (χ3v) is 6.87. The number of anilines is 1. The van der Waals surface area contributed by atoms with Gasteiger partial charge in [-0.1, -0.05) is 29.7 Å². The second-order valence-electron chi connectivity index (χ2n) is 9.21. The Hall–Kier alpha value is -4.38. The number of imide groups is 1. The summed E-state index contributed by atoms with van der Waals surface area (Å²) in [5.74, 6) is -4.72. The molecule has 0 saturated heterocycles. The van der Waals surface area contributed by atoms with Gasteiger partial charge in [0.1, 0.15) is 19.8 Å². The van der Waals surface area contributed by atoms with E-state index in [1.54, 1.807) is 43.3 Å². The molecule has 196 valence electrons. The highest BCUT2D eigenvalue weighted by Gasteiger charge is 2.47. The summed E-state index contributed by atoms with van der Waals surface area (Å²) in [5, 5.41) is 11.0. The van der Waals surface area contributed by atoms with E-state index in [-0.39, 0.29) is 54.1 Å². The Balaban J connectivity index is 1.51. The lowest BCUT2D eigenvalue weighted by atomic mass is 9.81. The third-order valence-electron chi connectivity index (χ3n) is 6.87. The minimum Gasteiger partial charge on any atom is -0.465 e. The van der Waals surface area contributed by atoms with Crippen LogP contribution in [-0.2, 0) is 20.7 Å². The van der Waals surface area contributed by atoms with E-state index in [4.69, 9.17) is 12.6 Å². The number of fused-ring (bicyclic) bond motifs is 2. The Morgan fingerprint density at radius 3 is 2.26 bits per heavy atom. The molecule has 2 aromatic carbocycles. The molecule has 0 aliphatic carbocycles. The van der Waals surface area contributed by atoms with Crippen LogP contribution in [0.15, 0.2) is 54.7 Å². The monoisotopic (exact) mass is 527 g/mol. The number of ether oxygens (including phenoxy) is 1. The van der Waals surface area contributed by atoms with Gasteiger partial charge in [-0.15, -0.1) is 0 Å². The van der Waals surface area contributed by atoms with Crippen molar-refractivity contribution in [3.63, 3.8) is 0 Å². The van der Waals surface area contributed by atoms with Crippen molar-refractivity contribution in [2.75, 3.05) is 24.6 Å². The lowest BCUT2D eigenvalue weighted by molar-refractivity contribution is -0.157. The first-order valence-electron chi connectivity index (χ1n) is 12.4. The number of rotatable bonds is 7. The molecule has 1 N–H and O–H groups in total. The number of amides is 3. The number of halogens is 1. The van der Waals surface area contributed by atoms with Gasteiger partial charge in [-0.25, -0.2) is 4.39 Å². The maximum Gasteiger partial charge on any atom is 0.321 e. The van der Waals surface area contributed by atoms with Gasteiger partial charge in [0, 0.05) is 19.3 Å². The number of benzene rings is 2. The molecule has 1 aromatic heterocycles. The number of nitrogens with zero attached hydrogens (tertiary/aromatic N) is 3. The van der Waals surface area contributed by atoms with Gasteiger partial charge in [0.15, 0.2) is 5.92 Å². The number of esters is 1. The van der Waals surface area contributed by atoms with Crippen LogP contribution in [0.1, 0.15) is 50.6 Å². The van der Waals surface area contributed by atoms with Crippen LogP contribution in [0.2, 0.25) is 0 Å².